The first-order chi connectivity index (χ1) is 7.00. The number of rotatable bonds is 4. The number of carbonyl (C=O) groups is 1. The van der Waals surface area contributed by atoms with Gasteiger partial charge in [-0.05, 0) is 20.3 Å². The molecule has 1 aliphatic heterocycles. The van der Waals surface area contributed by atoms with E-state index in [1.54, 1.807) is 0 Å². The van der Waals surface area contributed by atoms with Crippen LogP contribution in [-0.2, 0) is 4.79 Å². The van der Waals surface area contributed by atoms with Crippen molar-refractivity contribution in [2.45, 2.75) is 39.7 Å². The molecular formula is C12H24N2O. The van der Waals surface area contributed by atoms with Gasteiger partial charge in [-0.1, -0.05) is 13.8 Å². The van der Waals surface area contributed by atoms with E-state index in [0.29, 0.717) is 5.78 Å². The van der Waals surface area contributed by atoms with Crippen molar-refractivity contribution in [2.75, 3.05) is 26.2 Å². The van der Waals surface area contributed by atoms with Crippen LogP contribution in [0, 0.1) is 5.92 Å². The van der Waals surface area contributed by atoms with Gasteiger partial charge in [-0.15, -0.1) is 0 Å². The molecule has 0 radical (unpaired) electrons. The van der Waals surface area contributed by atoms with Crippen molar-refractivity contribution in [2.24, 2.45) is 5.92 Å². The van der Waals surface area contributed by atoms with E-state index in [4.69, 9.17) is 0 Å². The number of nitrogens with zero attached hydrogens (tertiary/aromatic N) is 1. The highest BCUT2D eigenvalue weighted by molar-refractivity contribution is 5.89. The van der Waals surface area contributed by atoms with Gasteiger partial charge >= 0.3 is 0 Å². The van der Waals surface area contributed by atoms with Crippen LogP contribution < -0.4 is 5.32 Å². The molecule has 1 fully saturated rings. The lowest BCUT2D eigenvalue weighted by molar-refractivity contribution is -0.133. The lowest BCUT2D eigenvalue weighted by Gasteiger charge is -2.41. The maximum absolute atomic E-state index is 12.2. The summed E-state index contributed by atoms with van der Waals surface area (Å²) in [5.74, 6) is 0.557. The topological polar surface area (TPSA) is 32.3 Å². The molecule has 0 amide bonds. The maximum Gasteiger partial charge on any atom is 0.155 e. The summed E-state index contributed by atoms with van der Waals surface area (Å²) in [6, 6.07) is 0. The van der Waals surface area contributed by atoms with Crippen LogP contribution in [0.2, 0.25) is 0 Å². The second kappa shape index (κ2) is 5.08. The minimum absolute atomic E-state index is 0.176. The molecule has 0 aromatic heterocycles. The smallest absolute Gasteiger partial charge is 0.155 e. The Balaban J connectivity index is 2.66. The molecule has 1 unspecified atom stereocenters. The molecule has 1 saturated heterocycles. The summed E-state index contributed by atoms with van der Waals surface area (Å²) in [5.41, 5.74) is -0.294. The van der Waals surface area contributed by atoms with E-state index in [2.05, 4.69) is 31.0 Å². The lowest BCUT2D eigenvalue weighted by Crippen LogP contribution is -2.58. The molecule has 0 aromatic rings. The number of nitrogens with one attached hydrogen (secondary N) is 1. The first-order valence-electron chi connectivity index (χ1n) is 6.00. The van der Waals surface area contributed by atoms with Crippen molar-refractivity contribution in [3.05, 3.63) is 0 Å². The Bertz CT molecular complexity index is 220. The largest absolute Gasteiger partial charge is 0.314 e. The van der Waals surface area contributed by atoms with E-state index in [1.165, 1.54) is 0 Å². The zero-order valence-corrected chi connectivity index (χ0v) is 10.5. The summed E-state index contributed by atoms with van der Waals surface area (Å²) in [7, 11) is 0. The third-order valence-corrected chi connectivity index (χ3v) is 3.57. The molecule has 1 N–H and O–H groups in total. The number of Topliss-reactive ketones (excluding diaryl/α,β-unsaturated/α-hetero) is 1. The van der Waals surface area contributed by atoms with Gasteiger partial charge in [0.2, 0.25) is 0 Å². The number of hydrogen-bond donors (Lipinski definition) is 1. The van der Waals surface area contributed by atoms with Gasteiger partial charge in [0.25, 0.3) is 0 Å². The second-order valence-electron chi connectivity index (χ2n) is 4.97. The van der Waals surface area contributed by atoms with Gasteiger partial charge in [-0.3, -0.25) is 9.69 Å². The minimum atomic E-state index is -0.294. The zero-order chi connectivity index (χ0) is 11.5. The third-order valence-electron chi connectivity index (χ3n) is 3.57. The fourth-order valence-corrected chi connectivity index (χ4v) is 2.17. The van der Waals surface area contributed by atoms with E-state index >= 15 is 0 Å². The van der Waals surface area contributed by atoms with Crippen LogP contribution in [0.4, 0.5) is 0 Å². The van der Waals surface area contributed by atoms with E-state index in [9.17, 15) is 4.79 Å². The monoisotopic (exact) mass is 212 g/mol. The van der Waals surface area contributed by atoms with Gasteiger partial charge in [0, 0.05) is 32.1 Å². The highest BCUT2D eigenvalue weighted by Gasteiger charge is 2.36. The second-order valence-corrected chi connectivity index (χ2v) is 4.97. The van der Waals surface area contributed by atoms with Crippen LogP contribution in [0.5, 0.6) is 0 Å². The Kier molecular flexibility index (Phi) is 4.29. The fourth-order valence-electron chi connectivity index (χ4n) is 2.17. The predicted octanol–water partition coefficient (Wildman–Crippen LogP) is 1.29. The highest BCUT2D eigenvalue weighted by atomic mass is 16.1. The predicted molar refractivity (Wildman–Crippen MR) is 63.0 cm³/mol. The highest BCUT2D eigenvalue weighted by Crippen LogP contribution is 2.21. The minimum Gasteiger partial charge on any atom is -0.314 e. The van der Waals surface area contributed by atoms with Gasteiger partial charge in [-0.2, -0.15) is 0 Å². The van der Waals surface area contributed by atoms with Crippen LogP contribution in [0.25, 0.3) is 0 Å². The van der Waals surface area contributed by atoms with Crippen LogP contribution in [0.3, 0.4) is 0 Å². The van der Waals surface area contributed by atoms with Crippen LogP contribution >= 0.6 is 0 Å². The molecule has 1 rings (SSSR count). The molecule has 1 atom stereocenters. The van der Waals surface area contributed by atoms with Gasteiger partial charge in [0.05, 0.1) is 5.54 Å². The number of piperazine rings is 1. The van der Waals surface area contributed by atoms with Gasteiger partial charge < -0.3 is 5.32 Å². The Morgan fingerprint density at radius 2 is 1.93 bits per heavy atom. The molecule has 88 valence electrons. The standard InChI is InChI=1S/C12H24N2O/c1-5-10(2)11(15)12(3,4)14-8-6-13-7-9-14/h10,13H,5-9H2,1-4H3. The number of ketones is 1. The van der Waals surface area contributed by atoms with E-state index in [1.807, 2.05) is 6.92 Å². The molecule has 0 saturated carbocycles. The van der Waals surface area contributed by atoms with Crippen LogP contribution in [-0.4, -0.2) is 42.4 Å². The van der Waals surface area contributed by atoms with E-state index < -0.39 is 0 Å². The summed E-state index contributed by atoms with van der Waals surface area (Å²) >= 11 is 0. The Morgan fingerprint density at radius 3 is 2.40 bits per heavy atom. The van der Waals surface area contributed by atoms with Crippen molar-refractivity contribution in [1.29, 1.82) is 0 Å². The lowest BCUT2D eigenvalue weighted by atomic mass is 9.86. The summed E-state index contributed by atoms with van der Waals surface area (Å²) in [4.78, 5) is 14.5. The normalized spacial score (nSPS) is 21.3. The van der Waals surface area contributed by atoms with E-state index in [-0.39, 0.29) is 11.5 Å². The molecule has 1 aliphatic rings. The average Bonchev–Trinajstić information content (AvgIpc) is 2.28. The molecule has 0 bridgehead atoms. The molecular weight excluding hydrogens is 188 g/mol. The Morgan fingerprint density at radius 1 is 1.40 bits per heavy atom. The summed E-state index contributed by atoms with van der Waals surface area (Å²) < 4.78 is 0. The van der Waals surface area contributed by atoms with Gasteiger partial charge in [0.15, 0.2) is 5.78 Å². The number of carbonyl (C=O) groups excluding carboxylic acids is 1. The van der Waals surface area contributed by atoms with Crippen molar-refractivity contribution in [3.8, 4) is 0 Å². The molecule has 0 aromatic carbocycles. The molecule has 3 heteroatoms. The van der Waals surface area contributed by atoms with Crippen LogP contribution in [0.15, 0.2) is 0 Å². The first-order valence-corrected chi connectivity index (χ1v) is 6.00. The fraction of sp³-hybridized carbons (Fsp3) is 0.917. The Labute approximate surface area is 93.2 Å². The SMILES string of the molecule is CCC(C)C(=O)C(C)(C)N1CCNCC1. The summed E-state index contributed by atoms with van der Waals surface area (Å²) in [6.45, 7) is 12.2. The molecule has 0 spiro atoms. The van der Waals surface area contributed by atoms with Crippen molar-refractivity contribution >= 4 is 5.78 Å². The molecule has 0 aliphatic carbocycles. The number of hydrogen-bond acceptors (Lipinski definition) is 3. The van der Waals surface area contributed by atoms with Gasteiger partial charge in [0.1, 0.15) is 0 Å². The average molecular weight is 212 g/mol. The van der Waals surface area contributed by atoms with Crippen molar-refractivity contribution in [3.63, 3.8) is 0 Å². The summed E-state index contributed by atoms with van der Waals surface area (Å²) in [6.07, 6.45) is 0.939. The van der Waals surface area contributed by atoms with Crippen LogP contribution in [0.1, 0.15) is 34.1 Å². The molecule has 3 nitrogen and oxygen atoms in total. The summed E-state index contributed by atoms with van der Waals surface area (Å²) in [5, 5.41) is 3.32. The first kappa shape index (κ1) is 12.7. The van der Waals surface area contributed by atoms with Crippen molar-refractivity contribution in [1.82, 2.24) is 10.2 Å². The van der Waals surface area contributed by atoms with Gasteiger partial charge in [-0.25, -0.2) is 0 Å². The Hall–Kier alpha value is -0.410. The quantitative estimate of drug-likeness (QED) is 0.762. The maximum atomic E-state index is 12.2. The third kappa shape index (κ3) is 2.79. The molecule has 1 heterocycles. The van der Waals surface area contributed by atoms with Crippen molar-refractivity contribution < 1.29 is 4.79 Å². The zero-order valence-electron chi connectivity index (χ0n) is 10.5. The molecule has 15 heavy (non-hydrogen) atoms. The van der Waals surface area contributed by atoms with E-state index in [0.717, 1.165) is 32.6 Å².